The smallest absolute Gasteiger partial charge is 0.218 e. The van der Waals surface area contributed by atoms with Crippen LogP contribution < -0.4 is 10.6 Å². The lowest BCUT2D eigenvalue weighted by Gasteiger charge is -2.20. The molecular weight excluding hydrogens is 243 g/mol. The van der Waals surface area contributed by atoms with Gasteiger partial charge in [0, 0.05) is 25.9 Å². The molecule has 16 heavy (non-hydrogen) atoms. The Balaban J connectivity index is 2.88. The largest absolute Gasteiger partial charge is 0.366 e. The topological polar surface area (TPSA) is 52.6 Å². The molecule has 0 saturated carbocycles. The maximum absolute atomic E-state index is 11.2. The molecular formula is C10H15N2O2PS. The van der Waals surface area contributed by atoms with Gasteiger partial charge in [-0.2, -0.15) is 0 Å². The van der Waals surface area contributed by atoms with Gasteiger partial charge in [0.25, 0.3) is 0 Å². The molecule has 1 rings (SSSR count). The molecule has 1 unspecified atom stereocenters. The Kier molecular flexibility index (Phi) is 4.93. The number of nitrogens with one attached hydrogen (secondary N) is 1. The second-order valence-corrected chi connectivity index (χ2v) is 4.91. The molecule has 0 heterocycles. The lowest BCUT2D eigenvalue weighted by atomic mass is 10.2. The van der Waals surface area contributed by atoms with Gasteiger partial charge in [-0.15, -0.1) is 0 Å². The van der Waals surface area contributed by atoms with Crippen LogP contribution in [0.3, 0.4) is 0 Å². The van der Waals surface area contributed by atoms with Crippen molar-refractivity contribution in [1.29, 1.82) is 0 Å². The van der Waals surface area contributed by atoms with E-state index in [2.05, 4.69) is 5.32 Å². The highest BCUT2D eigenvalue weighted by molar-refractivity contribution is 7.80. The number of thiocarbonyl (C=S) groups is 1. The maximum Gasteiger partial charge on any atom is 0.218 e. The molecule has 0 spiro atoms. The van der Waals surface area contributed by atoms with Crippen LogP contribution in [0.5, 0.6) is 0 Å². The first-order valence-corrected chi connectivity index (χ1v) is 6.56. The van der Waals surface area contributed by atoms with Crippen LogP contribution in [0.4, 0.5) is 0 Å². The molecule has 0 bridgehead atoms. The molecule has 6 heteroatoms. The van der Waals surface area contributed by atoms with Crippen molar-refractivity contribution in [3.8, 4) is 0 Å². The zero-order chi connectivity index (χ0) is 12.1. The summed E-state index contributed by atoms with van der Waals surface area (Å²) in [5.41, 5.74) is 0.828. The number of hydrogen-bond acceptors (Lipinski definition) is 2. The van der Waals surface area contributed by atoms with Gasteiger partial charge in [0.15, 0.2) is 5.11 Å². The number of rotatable bonds is 3. The molecule has 0 aliphatic carbocycles. The highest BCUT2D eigenvalue weighted by Gasteiger charge is 2.09. The molecule has 4 nitrogen and oxygen atoms in total. The summed E-state index contributed by atoms with van der Waals surface area (Å²) in [5.74, 6) is 0. The van der Waals surface area contributed by atoms with E-state index in [0.717, 1.165) is 5.56 Å². The fourth-order valence-corrected chi connectivity index (χ4v) is 2.13. The van der Waals surface area contributed by atoms with Crippen molar-refractivity contribution < 1.29 is 9.46 Å². The van der Waals surface area contributed by atoms with Crippen molar-refractivity contribution in [2.45, 2.75) is 6.54 Å². The summed E-state index contributed by atoms with van der Waals surface area (Å²) >= 11 is 5.07. The molecule has 88 valence electrons. The Bertz CT molecular complexity index is 412. The summed E-state index contributed by atoms with van der Waals surface area (Å²) in [6.45, 7) is 0.521. The number of nitrogens with zero attached hydrogens (tertiary/aromatic N) is 1. The summed E-state index contributed by atoms with van der Waals surface area (Å²) in [6.07, 6.45) is 0. The van der Waals surface area contributed by atoms with Crippen LogP contribution in [0.25, 0.3) is 0 Å². The molecule has 1 aromatic rings. The quantitative estimate of drug-likeness (QED) is 0.618. The summed E-state index contributed by atoms with van der Waals surface area (Å²) in [5, 5.41) is 3.96. The molecule has 1 atom stereocenters. The molecule has 2 N–H and O–H groups in total. The average Bonchev–Trinajstić information content (AvgIpc) is 2.28. The minimum Gasteiger partial charge on any atom is -0.366 e. The Labute approximate surface area is 101 Å². The van der Waals surface area contributed by atoms with Gasteiger partial charge in [0.05, 0.1) is 0 Å². The van der Waals surface area contributed by atoms with Gasteiger partial charge in [0.1, 0.15) is 0 Å². The Morgan fingerprint density at radius 1 is 1.56 bits per heavy atom. The SMILES string of the molecule is CNC(=S)N(C)Cc1ccccc1[PH](=O)O. The van der Waals surface area contributed by atoms with E-state index in [9.17, 15) is 9.46 Å². The van der Waals surface area contributed by atoms with E-state index in [1.807, 2.05) is 24.1 Å². The second kappa shape index (κ2) is 5.99. The lowest BCUT2D eigenvalue weighted by Crippen LogP contribution is -2.35. The third-order valence-corrected chi connectivity index (χ3v) is 3.68. The molecule has 0 amide bonds. The van der Waals surface area contributed by atoms with Gasteiger partial charge in [-0.1, -0.05) is 18.2 Å². The Morgan fingerprint density at radius 3 is 2.75 bits per heavy atom. The summed E-state index contributed by atoms with van der Waals surface area (Å²) in [4.78, 5) is 11.0. The predicted octanol–water partition coefficient (Wildman–Crippen LogP) is 0.715. The summed E-state index contributed by atoms with van der Waals surface area (Å²) < 4.78 is 11.2. The summed E-state index contributed by atoms with van der Waals surface area (Å²) in [6, 6.07) is 7.11. The normalized spacial score (nSPS) is 11.9. The van der Waals surface area contributed by atoms with Crippen LogP contribution in [0.1, 0.15) is 5.56 Å². The van der Waals surface area contributed by atoms with Crippen LogP contribution in [0.15, 0.2) is 24.3 Å². The monoisotopic (exact) mass is 258 g/mol. The molecule has 0 aromatic heterocycles. The molecule has 0 aliphatic heterocycles. The standard InChI is InChI=1S/C10H15N2O2PS/c1-11-10(16)12(2)7-8-5-3-4-6-9(8)15(13)14/h3-6,15H,7H2,1-2H3,(H,11,16)(H,13,14). The molecule has 0 saturated heterocycles. The highest BCUT2D eigenvalue weighted by Crippen LogP contribution is 2.16. The van der Waals surface area contributed by atoms with Crippen LogP contribution in [-0.2, 0) is 11.1 Å². The zero-order valence-electron chi connectivity index (χ0n) is 9.23. The van der Waals surface area contributed by atoms with Crippen LogP contribution in [0.2, 0.25) is 0 Å². The van der Waals surface area contributed by atoms with E-state index in [1.54, 1.807) is 19.2 Å². The van der Waals surface area contributed by atoms with Gasteiger partial charge in [0.2, 0.25) is 8.03 Å². The van der Waals surface area contributed by atoms with Crippen molar-refractivity contribution in [3.63, 3.8) is 0 Å². The average molecular weight is 258 g/mol. The minimum atomic E-state index is -2.66. The van der Waals surface area contributed by atoms with E-state index in [-0.39, 0.29) is 0 Å². The van der Waals surface area contributed by atoms with Crippen LogP contribution >= 0.6 is 20.2 Å². The minimum absolute atomic E-state index is 0.498. The predicted molar refractivity (Wildman–Crippen MR) is 70.4 cm³/mol. The van der Waals surface area contributed by atoms with Crippen molar-refractivity contribution in [2.24, 2.45) is 0 Å². The maximum atomic E-state index is 11.2. The Hall–Kier alpha value is -0.900. The fraction of sp³-hybridized carbons (Fsp3) is 0.300. The first-order valence-electron chi connectivity index (χ1n) is 4.80. The molecule has 0 radical (unpaired) electrons. The third kappa shape index (κ3) is 3.30. The van der Waals surface area contributed by atoms with E-state index in [1.165, 1.54) is 0 Å². The van der Waals surface area contributed by atoms with Crippen molar-refractivity contribution >= 4 is 30.7 Å². The molecule has 0 fully saturated rings. The van der Waals surface area contributed by atoms with Gasteiger partial charge in [-0.3, -0.25) is 4.57 Å². The fourth-order valence-electron chi connectivity index (χ4n) is 1.39. The van der Waals surface area contributed by atoms with Crippen LogP contribution in [0, 0.1) is 0 Å². The van der Waals surface area contributed by atoms with E-state index >= 15 is 0 Å². The zero-order valence-corrected chi connectivity index (χ0v) is 11.0. The third-order valence-electron chi connectivity index (χ3n) is 2.22. The first-order chi connectivity index (χ1) is 7.56. The summed E-state index contributed by atoms with van der Waals surface area (Å²) in [7, 11) is 0.928. The van der Waals surface area contributed by atoms with E-state index < -0.39 is 8.03 Å². The lowest BCUT2D eigenvalue weighted by molar-refractivity contribution is 0.493. The first kappa shape index (κ1) is 13.2. The van der Waals surface area contributed by atoms with Crippen molar-refractivity contribution in [2.75, 3.05) is 14.1 Å². The Morgan fingerprint density at radius 2 is 2.19 bits per heavy atom. The molecule has 0 aliphatic rings. The van der Waals surface area contributed by atoms with Gasteiger partial charge >= 0.3 is 0 Å². The van der Waals surface area contributed by atoms with E-state index in [4.69, 9.17) is 12.2 Å². The van der Waals surface area contributed by atoms with Gasteiger partial charge < -0.3 is 15.1 Å². The van der Waals surface area contributed by atoms with Crippen molar-refractivity contribution in [1.82, 2.24) is 10.2 Å². The molecule has 1 aromatic carbocycles. The van der Waals surface area contributed by atoms with Gasteiger partial charge in [-0.05, 0) is 23.8 Å². The number of benzene rings is 1. The number of hydrogen-bond donors (Lipinski definition) is 2. The second-order valence-electron chi connectivity index (χ2n) is 3.37. The van der Waals surface area contributed by atoms with Crippen LogP contribution in [-0.4, -0.2) is 29.0 Å². The highest BCUT2D eigenvalue weighted by atomic mass is 32.1. The van der Waals surface area contributed by atoms with E-state index in [0.29, 0.717) is 17.0 Å². The van der Waals surface area contributed by atoms with Crippen molar-refractivity contribution in [3.05, 3.63) is 29.8 Å². The van der Waals surface area contributed by atoms with Gasteiger partial charge in [-0.25, -0.2) is 0 Å².